The molecule has 3 aromatic heterocycles. The molecule has 46 heavy (non-hydrogen) atoms. The number of carbonyl (C=O) groups excluding carboxylic acids is 2. The van der Waals surface area contributed by atoms with E-state index in [4.69, 9.17) is 4.98 Å². The highest BCUT2D eigenvalue weighted by Gasteiger charge is 2.44. The molecule has 3 aromatic rings. The number of imidazole rings is 1. The molecule has 0 bridgehead atoms. The third-order valence-corrected chi connectivity index (χ3v) is 11.2. The second-order valence-corrected chi connectivity index (χ2v) is 15.6. The van der Waals surface area contributed by atoms with Crippen LogP contribution in [0, 0.1) is 5.41 Å². The maximum atomic E-state index is 14.0. The minimum Gasteiger partial charge on any atom is -0.354 e. The Kier molecular flexibility index (Phi) is 9.48. The zero-order valence-corrected chi connectivity index (χ0v) is 28.6. The molecule has 3 aliphatic rings. The molecule has 2 amide bonds. The third kappa shape index (κ3) is 6.83. The number of H-pyrrole nitrogens is 1. The molecule has 1 N–H and O–H groups in total. The van der Waals surface area contributed by atoms with Crippen molar-refractivity contribution in [1.29, 1.82) is 0 Å². The number of likely N-dealkylation sites (tertiary alicyclic amines) is 1. The zero-order chi connectivity index (χ0) is 32.6. The number of aromatic nitrogens is 4. The molecule has 6 heterocycles. The van der Waals surface area contributed by atoms with E-state index in [1.165, 1.54) is 0 Å². The number of piperazine rings is 1. The lowest BCUT2D eigenvalue weighted by atomic mass is 9.92. The number of piperidine rings is 1. The standard InChI is InChI=1S/C34H48N8O3S.H2/c1-23(2)38-18-20-40(21-19-38)30-25(8-6-14-36-30)32-41(17-12-34(3,4)5)31(44)27(46-32)22-28(43)39-15-10-24(11-16-39)42-26-9-7-13-35-29(26)37-33(42)45;/h6-9,13-14,23-24,27,32H,10-12,15-22H2,1-5H3,(H,35,37,45);1H/t27-,32?;/m0./s1. The summed E-state index contributed by atoms with van der Waals surface area (Å²) in [6, 6.07) is 8.33. The summed E-state index contributed by atoms with van der Waals surface area (Å²) in [4.78, 5) is 61.1. The van der Waals surface area contributed by atoms with Crippen molar-refractivity contribution < 1.29 is 11.0 Å². The van der Waals surface area contributed by atoms with Crippen molar-refractivity contribution in [3.63, 3.8) is 0 Å². The number of amides is 2. The number of fused-ring (bicyclic) bond motifs is 1. The van der Waals surface area contributed by atoms with Crippen LogP contribution in [-0.2, 0) is 9.59 Å². The number of carbonyl (C=O) groups is 2. The van der Waals surface area contributed by atoms with E-state index < -0.39 is 5.25 Å². The van der Waals surface area contributed by atoms with E-state index in [1.54, 1.807) is 22.5 Å². The van der Waals surface area contributed by atoms with Gasteiger partial charge in [0.15, 0.2) is 5.65 Å². The Balaban J connectivity index is 0.00000433. The van der Waals surface area contributed by atoms with Crippen molar-refractivity contribution >= 4 is 40.6 Å². The first-order valence-corrected chi connectivity index (χ1v) is 17.7. The maximum absolute atomic E-state index is 14.0. The van der Waals surface area contributed by atoms with Crippen LogP contribution >= 0.6 is 11.8 Å². The predicted molar refractivity (Wildman–Crippen MR) is 185 cm³/mol. The highest BCUT2D eigenvalue weighted by atomic mass is 32.2. The molecule has 0 aromatic carbocycles. The number of aromatic amines is 1. The van der Waals surface area contributed by atoms with Gasteiger partial charge in [-0.2, -0.15) is 0 Å². The number of hydrogen-bond acceptors (Lipinski definition) is 8. The SMILES string of the molecule is CC(C)N1CCN(c2ncccc2C2S[C@@H](CC(=O)N3CCC(n4c(=O)[nH]c5ncccc54)CC3)C(=O)N2CCC(C)(C)C)CC1.[HH]. The summed E-state index contributed by atoms with van der Waals surface area (Å²) < 4.78 is 1.78. The molecule has 3 fully saturated rings. The van der Waals surface area contributed by atoms with Crippen molar-refractivity contribution in [2.24, 2.45) is 5.41 Å². The third-order valence-electron chi connectivity index (χ3n) is 9.70. The van der Waals surface area contributed by atoms with Crippen LogP contribution in [0.4, 0.5) is 5.82 Å². The van der Waals surface area contributed by atoms with Gasteiger partial charge >= 0.3 is 5.69 Å². The highest BCUT2D eigenvalue weighted by molar-refractivity contribution is 8.01. The molecule has 1 unspecified atom stereocenters. The van der Waals surface area contributed by atoms with Crippen LogP contribution in [0.1, 0.15) is 78.7 Å². The first-order valence-electron chi connectivity index (χ1n) is 16.7. The molecule has 3 saturated heterocycles. The molecule has 0 aliphatic carbocycles. The summed E-state index contributed by atoms with van der Waals surface area (Å²) in [6.45, 7) is 16.6. The van der Waals surface area contributed by atoms with Gasteiger partial charge in [-0.05, 0) is 56.7 Å². The summed E-state index contributed by atoms with van der Waals surface area (Å²) in [5.74, 6) is 0.998. The van der Waals surface area contributed by atoms with E-state index in [-0.39, 0.29) is 42.2 Å². The minimum absolute atomic E-state index is 0. The topological polar surface area (TPSA) is 111 Å². The van der Waals surface area contributed by atoms with Crippen LogP contribution < -0.4 is 10.6 Å². The lowest BCUT2D eigenvalue weighted by molar-refractivity contribution is -0.136. The van der Waals surface area contributed by atoms with Gasteiger partial charge in [0.25, 0.3) is 0 Å². The minimum atomic E-state index is -0.441. The average molecular weight is 651 g/mol. The average Bonchev–Trinajstić information content (AvgIpc) is 3.54. The van der Waals surface area contributed by atoms with Crippen LogP contribution in [0.3, 0.4) is 0 Å². The quantitative estimate of drug-likeness (QED) is 0.379. The molecule has 0 spiro atoms. The fourth-order valence-electron chi connectivity index (χ4n) is 6.95. The number of hydrogen-bond donors (Lipinski definition) is 1. The van der Waals surface area contributed by atoms with Crippen LogP contribution in [0.2, 0.25) is 0 Å². The summed E-state index contributed by atoms with van der Waals surface area (Å²) in [5.41, 5.74) is 2.35. The Labute approximate surface area is 277 Å². The molecule has 2 atom stereocenters. The van der Waals surface area contributed by atoms with Crippen molar-refractivity contribution in [2.45, 2.75) is 83.0 Å². The van der Waals surface area contributed by atoms with Crippen LogP contribution in [0.5, 0.6) is 0 Å². The molecule has 0 radical (unpaired) electrons. The molecule has 0 saturated carbocycles. The predicted octanol–water partition coefficient (Wildman–Crippen LogP) is 4.53. The van der Waals surface area contributed by atoms with E-state index in [2.05, 4.69) is 60.5 Å². The Morgan fingerprint density at radius 1 is 1.02 bits per heavy atom. The molecule has 11 nitrogen and oxygen atoms in total. The van der Waals surface area contributed by atoms with Crippen LogP contribution in [-0.4, -0.2) is 103 Å². The van der Waals surface area contributed by atoms with Gasteiger partial charge in [0.05, 0.1) is 10.8 Å². The van der Waals surface area contributed by atoms with E-state index >= 15 is 0 Å². The summed E-state index contributed by atoms with van der Waals surface area (Å²) in [6.07, 6.45) is 5.93. The summed E-state index contributed by atoms with van der Waals surface area (Å²) in [7, 11) is 0. The number of anilines is 1. The Hall–Kier alpha value is -3.38. The van der Waals surface area contributed by atoms with Crippen LogP contribution in [0.15, 0.2) is 41.5 Å². The highest BCUT2D eigenvalue weighted by Crippen LogP contribution is 2.47. The van der Waals surface area contributed by atoms with Gasteiger partial charge in [0, 0.05) is 83.7 Å². The van der Waals surface area contributed by atoms with Crippen molar-refractivity contribution in [1.82, 2.24) is 34.2 Å². The fourth-order valence-corrected chi connectivity index (χ4v) is 8.43. The monoisotopic (exact) mass is 650 g/mol. The zero-order valence-electron chi connectivity index (χ0n) is 27.8. The van der Waals surface area contributed by atoms with E-state index in [9.17, 15) is 14.4 Å². The lowest BCUT2D eigenvalue weighted by Crippen LogP contribution is -2.49. The Morgan fingerprint density at radius 3 is 2.41 bits per heavy atom. The Bertz CT molecular complexity index is 1600. The normalized spacial score (nSPS) is 22.0. The molecule has 250 valence electrons. The first-order chi connectivity index (χ1) is 22.0. The largest absolute Gasteiger partial charge is 0.354 e. The van der Waals surface area contributed by atoms with Gasteiger partial charge in [-0.25, -0.2) is 14.8 Å². The smallest absolute Gasteiger partial charge is 0.327 e. The summed E-state index contributed by atoms with van der Waals surface area (Å²) in [5, 5.41) is -0.629. The van der Waals surface area contributed by atoms with Gasteiger partial charge in [-0.3, -0.25) is 24.0 Å². The van der Waals surface area contributed by atoms with E-state index in [0.717, 1.165) is 49.5 Å². The molecule has 12 heteroatoms. The lowest BCUT2D eigenvalue weighted by Gasteiger charge is -2.39. The van der Waals surface area contributed by atoms with Gasteiger partial charge in [0.1, 0.15) is 11.2 Å². The van der Waals surface area contributed by atoms with Crippen molar-refractivity contribution in [3.05, 3.63) is 52.7 Å². The molecule has 3 aliphatic heterocycles. The van der Waals surface area contributed by atoms with Gasteiger partial charge in [-0.1, -0.05) is 26.8 Å². The first kappa shape index (κ1) is 32.6. The fraction of sp³-hybridized carbons (Fsp3) is 0.618. The van der Waals surface area contributed by atoms with Gasteiger partial charge in [0.2, 0.25) is 11.8 Å². The molecular formula is C34H50N8O3S. The van der Waals surface area contributed by atoms with Crippen molar-refractivity contribution in [3.8, 4) is 0 Å². The summed E-state index contributed by atoms with van der Waals surface area (Å²) >= 11 is 1.60. The molecule has 6 rings (SSSR count). The number of pyridine rings is 2. The van der Waals surface area contributed by atoms with E-state index in [0.29, 0.717) is 44.2 Å². The van der Waals surface area contributed by atoms with Crippen LogP contribution in [0.25, 0.3) is 11.2 Å². The second-order valence-electron chi connectivity index (χ2n) is 14.3. The number of nitrogens with zero attached hydrogens (tertiary/aromatic N) is 7. The number of rotatable bonds is 8. The number of nitrogens with one attached hydrogen (secondary N) is 1. The van der Waals surface area contributed by atoms with Gasteiger partial charge < -0.3 is 14.7 Å². The maximum Gasteiger partial charge on any atom is 0.327 e. The Morgan fingerprint density at radius 2 is 1.72 bits per heavy atom. The van der Waals surface area contributed by atoms with Crippen molar-refractivity contribution in [2.75, 3.05) is 50.7 Å². The van der Waals surface area contributed by atoms with Gasteiger partial charge in [-0.15, -0.1) is 11.8 Å². The molecular weight excluding hydrogens is 600 g/mol. The number of thioether (sulfide) groups is 1. The van der Waals surface area contributed by atoms with E-state index in [1.807, 2.05) is 34.2 Å². The second kappa shape index (κ2) is 13.4.